The van der Waals surface area contributed by atoms with Crippen molar-refractivity contribution in [3.8, 4) is 5.75 Å². The second kappa shape index (κ2) is 10.6. The number of hydrogen-bond donors (Lipinski definition) is 1. The molecule has 3 fully saturated rings. The zero-order valence-electron chi connectivity index (χ0n) is 23.4. The van der Waals surface area contributed by atoms with Crippen LogP contribution in [0, 0.1) is 34.9 Å². The van der Waals surface area contributed by atoms with E-state index in [2.05, 4.69) is 0 Å². The van der Waals surface area contributed by atoms with Gasteiger partial charge in [-0.2, -0.15) is 0 Å². The Morgan fingerprint density at radius 2 is 1.83 bits per heavy atom. The first-order valence-electron chi connectivity index (χ1n) is 14.4. The van der Waals surface area contributed by atoms with Crippen LogP contribution in [0.3, 0.4) is 0 Å². The summed E-state index contributed by atoms with van der Waals surface area (Å²) in [5, 5.41) is 9.26. The second-order valence-electron chi connectivity index (χ2n) is 11.7. The van der Waals surface area contributed by atoms with Crippen LogP contribution in [0.25, 0.3) is 0 Å². The van der Waals surface area contributed by atoms with Crippen LogP contribution in [0.15, 0.2) is 54.1 Å². The van der Waals surface area contributed by atoms with Crippen LogP contribution < -0.4 is 9.64 Å². The van der Waals surface area contributed by atoms with E-state index in [1.54, 1.807) is 19.1 Å². The Balaban J connectivity index is 1.52. The van der Waals surface area contributed by atoms with Gasteiger partial charge in [-0.15, -0.1) is 0 Å². The number of benzene rings is 2. The Morgan fingerprint density at radius 3 is 2.55 bits per heavy atom. The quantitative estimate of drug-likeness (QED) is 0.374. The van der Waals surface area contributed by atoms with Crippen LogP contribution in [0.4, 0.5) is 10.1 Å². The monoisotopic (exact) mass is 594 g/mol. The van der Waals surface area contributed by atoms with Crippen LogP contribution in [-0.2, 0) is 19.2 Å². The molecule has 0 spiro atoms. The predicted molar refractivity (Wildman–Crippen MR) is 152 cm³/mol. The summed E-state index contributed by atoms with van der Waals surface area (Å²) in [7, 11) is 0. The standard InChI is InChI=1S/C32H32ClFN2O6/c1-3-12-35-28(38)20-10-9-18-21(26(20)30(35)40)16-22-29(39)36(17-8-11-24(34)23(33)15-17)31(41)32(22,2)27(18)19-6-4-5-7-25(19)42-14-13-37/h4-9,11,15,20-22,26-27,37H,3,10,12-14,16H2,1-2H3. The molecule has 220 valence electrons. The summed E-state index contributed by atoms with van der Waals surface area (Å²) in [5.74, 6) is -4.58. The molecule has 1 saturated carbocycles. The number of carbonyl (C=O) groups is 4. The lowest BCUT2D eigenvalue weighted by atomic mass is 9.51. The number of aliphatic hydroxyl groups is 1. The smallest absolute Gasteiger partial charge is 0.241 e. The van der Waals surface area contributed by atoms with E-state index in [1.165, 1.54) is 17.0 Å². The molecule has 2 aliphatic carbocycles. The first-order valence-corrected chi connectivity index (χ1v) is 14.7. The van der Waals surface area contributed by atoms with Crippen molar-refractivity contribution in [1.29, 1.82) is 0 Å². The van der Waals surface area contributed by atoms with Crippen molar-refractivity contribution >= 4 is 40.9 Å². The number of imide groups is 2. The molecule has 4 aliphatic rings. The topological polar surface area (TPSA) is 104 Å². The number of fused-ring (bicyclic) bond motifs is 4. The molecule has 2 aromatic rings. The molecular formula is C32H32ClFN2O6. The highest BCUT2D eigenvalue weighted by Gasteiger charge is 2.67. The number of nitrogens with zero attached hydrogens (tertiary/aromatic N) is 2. The number of carbonyl (C=O) groups excluding carboxylic acids is 4. The first kappa shape index (κ1) is 28.6. The van der Waals surface area contributed by atoms with Crippen molar-refractivity contribution in [2.45, 2.75) is 39.0 Å². The van der Waals surface area contributed by atoms with E-state index in [-0.39, 0.29) is 42.2 Å². The minimum atomic E-state index is -1.28. The van der Waals surface area contributed by atoms with Gasteiger partial charge >= 0.3 is 0 Å². The van der Waals surface area contributed by atoms with Gasteiger partial charge in [-0.3, -0.25) is 24.1 Å². The van der Waals surface area contributed by atoms with Crippen LogP contribution in [-0.4, -0.2) is 53.4 Å². The van der Waals surface area contributed by atoms with E-state index >= 15 is 0 Å². The highest BCUT2D eigenvalue weighted by atomic mass is 35.5. The van der Waals surface area contributed by atoms with Gasteiger partial charge in [0.1, 0.15) is 18.2 Å². The van der Waals surface area contributed by atoms with Gasteiger partial charge < -0.3 is 9.84 Å². The zero-order valence-corrected chi connectivity index (χ0v) is 24.1. The largest absolute Gasteiger partial charge is 0.491 e. The summed E-state index contributed by atoms with van der Waals surface area (Å²) in [6.45, 7) is 3.84. The number of amides is 4. The van der Waals surface area contributed by atoms with Gasteiger partial charge in [-0.05, 0) is 56.4 Å². The van der Waals surface area contributed by atoms with Crippen LogP contribution in [0.1, 0.15) is 44.6 Å². The Morgan fingerprint density at radius 1 is 1.07 bits per heavy atom. The van der Waals surface area contributed by atoms with Gasteiger partial charge in [0.2, 0.25) is 23.6 Å². The summed E-state index contributed by atoms with van der Waals surface area (Å²) < 4.78 is 20.0. The first-order chi connectivity index (χ1) is 20.1. The van der Waals surface area contributed by atoms with Gasteiger partial charge in [0, 0.05) is 18.0 Å². The van der Waals surface area contributed by atoms with Crippen molar-refractivity contribution in [2.75, 3.05) is 24.7 Å². The fourth-order valence-corrected chi connectivity index (χ4v) is 7.92. The average molecular weight is 595 g/mol. The number of aliphatic hydroxyl groups excluding tert-OH is 1. The van der Waals surface area contributed by atoms with E-state index in [0.29, 0.717) is 30.7 Å². The molecule has 0 aromatic heterocycles. The Kier molecular flexibility index (Phi) is 7.22. The Bertz CT molecular complexity index is 1530. The molecule has 0 radical (unpaired) electrons. The number of para-hydroxylation sites is 1. The molecule has 42 heavy (non-hydrogen) atoms. The molecule has 8 nitrogen and oxygen atoms in total. The van der Waals surface area contributed by atoms with Crippen LogP contribution >= 0.6 is 11.6 Å². The molecule has 10 heteroatoms. The van der Waals surface area contributed by atoms with E-state index in [4.69, 9.17) is 16.3 Å². The van der Waals surface area contributed by atoms with Crippen molar-refractivity contribution in [1.82, 2.24) is 4.90 Å². The fourth-order valence-electron chi connectivity index (χ4n) is 7.74. The second-order valence-corrected chi connectivity index (χ2v) is 12.1. The predicted octanol–water partition coefficient (Wildman–Crippen LogP) is 4.49. The van der Waals surface area contributed by atoms with E-state index in [9.17, 15) is 28.7 Å². The summed E-state index contributed by atoms with van der Waals surface area (Å²) in [6, 6.07) is 11.0. The average Bonchev–Trinajstić information content (AvgIpc) is 3.33. The molecule has 0 bridgehead atoms. The lowest BCUT2D eigenvalue weighted by Gasteiger charge is -2.49. The maximum absolute atomic E-state index is 14.5. The zero-order chi connectivity index (χ0) is 29.9. The number of likely N-dealkylation sites (tertiary alicyclic amines) is 1. The fraction of sp³-hybridized carbons (Fsp3) is 0.438. The molecule has 4 amide bonds. The number of allylic oxidation sites excluding steroid dienone is 2. The summed E-state index contributed by atoms with van der Waals surface area (Å²) in [5.41, 5.74) is 0.400. The number of hydrogen-bond acceptors (Lipinski definition) is 6. The number of anilines is 1. The molecule has 1 N–H and O–H groups in total. The lowest BCUT2D eigenvalue weighted by molar-refractivity contribution is -0.140. The number of halogens is 2. The van der Waals surface area contributed by atoms with Gasteiger partial charge in [0.15, 0.2) is 0 Å². The minimum Gasteiger partial charge on any atom is -0.491 e. The number of ether oxygens (including phenoxy) is 1. The maximum Gasteiger partial charge on any atom is 0.241 e. The molecular weight excluding hydrogens is 563 g/mol. The third-order valence-corrected chi connectivity index (χ3v) is 9.84. The van der Waals surface area contributed by atoms with Gasteiger partial charge in [0.05, 0.1) is 40.5 Å². The third kappa shape index (κ3) is 4.04. The molecule has 2 aromatic carbocycles. The highest BCUT2D eigenvalue weighted by molar-refractivity contribution is 6.31. The highest BCUT2D eigenvalue weighted by Crippen LogP contribution is 2.64. The normalized spacial score (nSPS) is 30.3. The summed E-state index contributed by atoms with van der Waals surface area (Å²) >= 11 is 6.05. The van der Waals surface area contributed by atoms with Crippen molar-refractivity contribution in [3.63, 3.8) is 0 Å². The maximum atomic E-state index is 14.5. The molecule has 2 aliphatic heterocycles. The van der Waals surface area contributed by atoms with E-state index in [1.807, 2.05) is 25.1 Å². The van der Waals surface area contributed by atoms with Crippen molar-refractivity contribution in [2.24, 2.45) is 29.1 Å². The number of rotatable bonds is 7. The van der Waals surface area contributed by atoms with Crippen LogP contribution in [0.2, 0.25) is 5.02 Å². The SMILES string of the molecule is CCCN1C(=O)C2CC=C3C(CC4C(=O)N(c5ccc(F)c(Cl)c5)C(=O)C4(C)C3c3ccccc3OCCO)C2C1=O. The van der Waals surface area contributed by atoms with Crippen LogP contribution in [0.5, 0.6) is 5.75 Å². The van der Waals surface area contributed by atoms with Crippen molar-refractivity contribution < 1.29 is 33.4 Å². The molecule has 6 unspecified atom stereocenters. The lowest BCUT2D eigenvalue weighted by Crippen LogP contribution is -2.49. The molecule has 2 heterocycles. The summed E-state index contributed by atoms with van der Waals surface area (Å²) in [6.07, 6.45) is 3.20. The Labute approximate surface area is 248 Å². The van der Waals surface area contributed by atoms with Gasteiger partial charge in [0.25, 0.3) is 0 Å². The van der Waals surface area contributed by atoms with Gasteiger partial charge in [-0.25, -0.2) is 9.29 Å². The van der Waals surface area contributed by atoms with E-state index < -0.39 is 52.6 Å². The molecule has 6 rings (SSSR count). The minimum absolute atomic E-state index is 0.0309. The van der Waals surface area contributed by atoms with Gasteiger partial charge in [-0.1, -0.05) is 48.4 Å². The Hall–Kier alpha value is -3.56. The van der Waals surface area contributed by atoms with E-state index in [0.717, 1.165) is 16.5 Å². The summed E-state index contributed by atoms with van der Waals surface area (Å²) in [4.78, 5) is 58.1. The third-order valence-electron chi connectivity index (χ3n) is 9.55. The van der Waals surface area contributed by atoms with Crippen molar-refractivity contribution in [3.05, 3.63) is 70.5 Å². The molecule has 6 atom stereocenters. The molecule has 2 saturated heterocycles.